The molecule has 0 amide bonds. The van der Waals surface area contributed by atoms with Crippen molar-refractivity contribution < 1.29 is 13.2 Å². The Morgan fingerprint density at radius 3 is 1.63 bits per heavy atom. The normalized spacial score (nSPS) is 10.8. The van der Waals surface area contributed by atoms with E-state index in [9.17, 15) is 13.2 Å². The summed E-state index contributed by atoms with van der Waals surface area (Å²) in [5.74, 6) is -2.44. The topological polar surface area (TPSA) is 0 Å². The summed E-state index contributed by atoms with van der Waals surface area (Å²) in [7, 11) is 0. The number of aryl methyl sites for hydroxylation is 1. The van der Waals surface area contributed by atoms with Crippen LogP contribution in [0.5, 0.6) is 0 Å². The summed E-state index contributed by atoms with van der Waals surface area (Å²) in [5.41, 5.74) is 4.14. The molecule has 0 spiro atoms. The number of rotatable bonds is 4. The van der Waals surface area contributed by atoms with E-state index in [0.717, 1.165) is 16.7 Å². The first-order chi connectivity index (χ1) is 14.5. The molecule has 0 N–H and O–H groups in total. The Bertz CT molecular complexity index is 1220. The van der Waals surface area contributed by atoms with E-state index < -0.39 is 17.5 Å². The maximum Gasteiger partial charge on any atom is 0.167 e. The Morgan fingerprint density at radius 1 is 0.600 bits per heavy atom. The number of hydrogen-bond donors (Lipinski definition) is 0. The Labute approximate surface area is 174 Å². The van der Waals surface area contributed by atoms with Gasteiger partial charge in [0.15, 0.2) is 11.6 Å². The second-order valence-corrected chi connectivity index (χ2v) is 7.18. The molecule has 0 aliphatic carbocycles. The zero-order chi connectivity index (χ0) is 21.3. The molecule has 0 nitrogen and oxygen atoms in total. The van der Waals surface area contributed by atoms with Crippen LogP contribution in [0, 0.1) is 24.4 Å². The summed E-state index contributed by atoms with van der Waals surface area (Å²) < 4.78 is 44.4. The van der Waals surface area contributed by atoms with E-state index in [-0.39, 0.29) is 16.7 Å². The predicted octanol–water partition coefficient (Wildman–Crippen LogP) is 8.06. The first kappa shape index (κ1) is 19.7. The van der Waals surface area contributed by atoms with Crippen LogP contribution in [0.15, 0.2) is 85.4 Å². The molecule has 0 heterocycles. The van der Waals surface area contributed by atoms with Gasteiger partial charge in [0.25, 0.3) is 0 Å². The van der Waals surface area contributed by atoms with Crippen LogP contribution in [0.3, 0.4) is 0 Å². The molecule has 30 heavy (non-hydrogen) atoms. The molecule has 148 valence electrons. The fourth-order valence-corrected chi connectivity index (χ4v) is 3.44. The first-order valence-electron chi connectivity index (χ1n) is 9.56. The molecular weight excluding hydrogens is 381 g/mol. The predicted molar refractivity (Wildman–Crippen MR) is 117 cm³/mol. The van der Waals surface area contributed by atoms with Crippen LogP contribution in [0.4, 0.5) is 13.2 Å². The van der Waals surface area contributed by atoms with Crippen molar-refractivity contribution in [2.45, 2.75) is 6.92 Å². The molecule has 0 aromatic heterocycles. The highest BCUT2D eigenvalue weighted by Gasteiger charge is 2.17. The van der Waals surface area contributed by atoms with Crippen LogP contribution in [-0.4, -0.2) is 0 Å². The summed E-state index contributed by atoms with van der Waals surface area (Å²) in [6, 6.07) is 21.9. The van der Waals surface area contributed by atoms with E-state index in [4.69, 9.17) is 0 Å². The van der Waals surface area contributed by atoms with Crippen molar-refractivity contribution in [3.63, 3.8) is 0 Å². The van der Waals surface area contributed by atoms with Crippen LogP contribution in [0.25, 0.3) is 39.5 Å². The van der Waals surface area contributed by atoms with Crippen LogP contribution in [-0.2, 0) is 0 Å². The largest absolute Gasteiger partial charge is 0.206 e. The van der Waals surface area contributed by atoms with E-state index in [1.807, 2.05) is 31.2 Å². The smallest absolute Gasteiger partial charge is 0.167 e. The molecule has 4 aromatic carbocycles. The first-order valence-corrected chi connectivity index (χ1v) is 9.56. The van der Waals surface area contributed by atoms with Crippen molar-refractivity contribution in [1.29, 1.82) is 0 Å². The van der Waals surface area contributed by atoms with Crippen molar-refractivity contribution in [2.24, 2.45) is 0 Å². The van der Waals surface area contributed by atoms with Crippen LogP contribution >= 0.6 is 0 Å². The van der Waals surface area contributed by atoms with Crippen molar-refractivity contribution >= 4 is 6.08 Å². The minimum atomic E-state index is -0.997. The third-order valence-electron chi connectivity index (χ3n) is 5.18. The molecule has 0 unspecified atom stereocenters. The van der Waals surface area contributed by atoms with E-state index in [1.165, 1.54) is 18.2 Å². The van der Waals surface area contributed by atoms with E-state index in [0.29, 0.717) is 11.1 Å². The minimum absolute atomic E-state index is 0.0216. The summed E-state index contributed by atoms with van der Waals surface area (Å²) in [4.78, 5) is 0. The van der Waals surface area contributed by atoms with Gasteiger partial charge in [0.2, 0.25) is 0 Å². The average Bonchev–Trinajstić information content (AvgIpc) is 2.76. The number of halogens is 3. The Morgan fingerprint density at radius 2 is 1.07 bits per heavy atom. The maximum atomic E-state index is 14.9. The van der Waals surface area contributed by atoms with Gasteiger partial charge in [0, 0.05) is 16.7 Å². The highest BCUT2D eigenvalue weighted by molar-refractivity contribution is 5.75. The van der Waals surface area contributed by atoms with Gasteiger partial charge in [-0.1, -0.05) is 91.0 Å². The highest BCUT2D eigenvalue weighted by Crippen LogP contribution is 2.34. The molecule has 4 rings (SSSR count). The molecule has 0 aliphatic heterocycles. The molecule has 3 heteroatoms. The van der Waals surface area contributed by atoms with Crippen molar-refractivity contribution in [1.82, 2.24) is 0 Å². The lowest BCUT2D eigenvalue weighted by Crippen LogP contribution is -1.95. The lowest BCUT2D eigenvalue weighted by Gasteiger charge is -2.11. The SMILES string of the molecule is C=Cc1ccc(-c2ccc(-c3ccc(-c4ccc(C)cc4)c(F)c3)c(F)c2F)cc1. The number of hydrogen-bond acceptors (Lipinski definition) is 0. The average molecular weight is 400 g/mol. The standard InChI is InChI=1S/C27H19F3/c1-3-18-6-10-20(11-7-18)23-14-15-24(27(30)26(23)29)21-12-13-22(25(28)16-21)19-8-4-17(2)5-9-19/h3-16H,1H2,2H3. The molecule has 0 fully saturated rings. The van der Waals surface area contributed by atoms with Gasteiger partial charge >= 0.3 is 0 Å². The van der Waals surface area contributed by atoms with Crippen LogP contribution in [0.1, 0.15) is 11.1 Å². The monoisotopic (exact) mass is 400 g/mol. The van der Waals surface area contributed by atoms with E-state index >= 15 is 0 Å². The van der Waals surface area contributed by atoms with Crippen molar-refractivity contribution in [3.05, 3.63) is 114 Å². The van der Waals surface area contributed by atoms with Gasteiger partial charge in [-0.15, -0.1) is 0 Å². The third kappa shape index (κ3) is 3.67. The van der Waals surface area contributed by atoms with Gasteiger partial charge < -0.3 is 0 Å². The Balaban J connectivity index is 1.72. The van der Waals surface area contributed by atoms with Gasteiger partial charge in [0.1, 0.15) is 5.82 Å². The summed E-state index contributed by atoms with van der Waals surface area (Å²) >= 11 is 0. The minimum Gasteiger partial charge on any atom is -0.206 e. The summed E-state index contributed by atoms with van der Waals surface area (Å²) in [6.45, 7) is 5.64. The van der Waals surface area contributed by atoms with Crippen molar-refractivity contribution in [2.75, 3.05) is 0 Å². The second-order valence-electron chi connectivity index (χ2n) is 7.18. The fourth-order valence-electron chi connectivity index (χ4n) is 3.44. The molecule has 0 radical (unpaired) electrons. The van der Waals surface area contributed by atoms with Gasteiger partial charge in [-0.3, -0.25) is 0 Å². The van der Waals surface area contributed by atoms with Crippen LogP contribution < -0.4 is 0 Å². The van der Waals surface area contributed by atoms with E-state index in [2.05, 4.69) is 6.58 Å². The molecule has 0 bridgehead atoms. The van der Waals surface area contributed by atoms with Gasteiger partial charge in [0.05, 0.1) is 0 Å². The summed E-state index contributed by atoms with van der Waals surface area (Å²) in [6.07, 6.45) is 1.68. The Kier molecular flexibility index (Phi) is 5.28. The molecule has 0 saturated carbocycles. The zero-order valence-electron chi connectivity index (χ0n) is 16.4. The quantitative estimate of drug-likeness (QED) is 0.325. The molecule has 4 aromatic rings. The lowest BCUT2D eigenvalue weighted by atomic mass is 9.96. The second kappa shape index (κ2) is 8.03. The van der Waals surface area contributed by atoms with Gasteiger partial charge in [-0.2, -0.15) is 0 Å². The molecule has 0 aliphatic rings. The number of benzene rings is 4. The fraction of sp³-hybridized carbons (Fsp3) is 0.0370. The van der Waals surface area contributed by atoms with Gasteiger partial charge in [-0.25, -0.2) is 13.2 Å². The third-order valence-corrected chi connectivity index (χ3v) is 5.18. The molecule has 0 saturated heterocycles. The maximum absolute atomic E-state index is 14.9. The summed E-state index contributed by atoms with van der Waals surface area (Å²) in [5, 5.41) is 0. The van der Waals surface area contributed by atoms with Gasteiger partial charge in [-0.05, 0) is 35.2 Å². The lowest BCUT2D eigenvalue weighted by molar-refractivity contribution is 0.513. The van der Waals surface area contributed by atoms with Crippen LogP contribution in [0.2, 0.25) is 0 Å². The highest BCUT2D eigenvalue weighted by atomic mass is 19.2. The molecular formula is C27H19F3. The van der Waals surface area contributed by atoms with E-state index in [1.54, 1.807) is 42.5 Å². The molecule has 0 atom stereocenters. The van der Waals surface area contributed by atoms with Crippen molar-refractivity contribution in [3.8, 4) is 33.4 Å². The zero-order valence-corrected chi connectivity index (χ0v) is 16.4. The Hall–Kier alpha value is -3.59.